The lowest BCUT2D eigenvalue weighted by atomic mass is 10.0. The molecule has 0 saturated heterocycles. The zero-order valence-electron chi connectivity index (χ0n) is 18.0. The number of aliphatic hydroxyl groups is 1. The van der Waals surface area contributed by atoms with Crippen LogP contribution in [0.25, 0.3) is 11.2 Å². The van der Waals surface area contributed by atoms with Gasteiger partial charge in [0.2, 0.25) is 0 Å². The molecule has 0 aliphatic heterocycles. The third-order valence-corrected chi connectivity index (χ3v) is 5.58. The van der Waals surface area contributed by atoms with Crippen LogP contribution >= 0.6 is 0 Å². The molecule has 162 valence electrons. The van der Waals surface area contributed by atoms with Gasteiger partial charge in [-0.1, -0.05) is 0 Å². The Morgan fingerprint density at radius 1 is 1.13 bits per heavy atom. The number of nitrogens with zero attached hydrogens (tertiary/aromatic N) is 4. The van der Waals surface area contributed by atoms with E-state index in [2.05, 4.69) is 10.3 Å². The van der Waals surface area contributed by atoms with E-state index in [9.17, 15) is 19.8 Å². The first-order chi connectivity index (χ1) is 14.1. The lowest BCUT2D eigenvalue weighted by molar-refractivity contribution is 0.169. The van der Waals surface area contributed by atoms with Crippen molar-refractivity contribution in [3.63, 3.8) is 0 Å². The summed E-state index contributed by atoms with van der Waals surface area (Å²) in [6.07, 6.45) is 1.59. The van der Waals surface area contributed by atoms with Crippen molar-refractivity contribution in [1.29, 1.82) is 0 Å². The van der Waals surface area contributed by atoms with E-state index in [1.165, 1.54) is 11.6 Å². The Morgan fingerprint density at radius 3 is 2.40 bits per heavy atom. The number of hydrogen-bond donors (Lipinski definition) is 3. The Balaban J connectivity index is 1.65. The van der Waals surface area contributed by atoms with Crippen LogP contribution in [0.4, 0.5) is 0 Å². The van der Waals surface area contributed by atoms with Crippen molar-refractivity contribution in [3.05, 3.63) is 56.0 Å². The molecular weight excluding hydrogens is 386 g/mol. The summed E-state index contributed by atoms with van der Waals surface area (Å²) in [5.74, 6) is 0.253. The minimum atomic E-state index is -0.693. The van der Waals surface area contributed by atoms with Gasteiger partial charge >= 0.3 is 5.69 Å². The maximum atomic E-state index is 12.5. The number of imidazole rings is 1. The number of nitrogens with one attached hydrogen (secondary N) is 1. The smallest absolute Gasteiger partial charge is 0.332 e. The molecule has 2 aromatic heterocycles. The normalized spacial score (nSPS) is 13.7. The van der Waals surface area contributed by atoms with Gasteiger partial charge in [-0.15, -0.1) is 0 Å². The lowest BCUT2D eigenvalue weighted by Gasteiger charge is -2.19. The van der Waals surface area contributed by atoms with E-state index in [0.717, 1.165) is 21.3 Å². The lowest BCUT2D eigenvalue weighted by Crippen LogP contribution is -2.37. The molecule has 2 heterocycles. The van der Waals surface area contributed by atoms with Crippen molar-refractivity contribution in [2.45, 2.75) is 45.9 Å². The largest absolute Gasteiger partial charge is 0.507 e. The Hall–Kier alpha value is -2.91. The summed E-state index contributed by atoms with van der Waals surface area (Å²) in [7, 11) is 3.06. The van der Waals surface area contributed by atoms with E-state index in [1.54, 1.807) is 30.1 Å². The van der Waals surface area contributed by atoms with Gasteiger partial charge in [0, 0.05) is 33.2 Å². The zero-order chi connectivity index (χ0) is 22.2. The van der Waals surface area contributed by atoms with Gasteiger partial charge < -0.3 is 20.1 Å². The second-order valence-corrected chi connectivity index (χ2v) is 7.93. The van der Waals surface area contributed by atoms with E-state index in [1.807, 2.05) is 20.8 Å². The Morgan fingerprint density at radius 2 is 1.77 bits per heavy atom. The minimum absolute atomic E-state index is 0.0767. The highest BCUT2D eigenvalue weighted by Crippen LogP contribution is 2.26. The highest BCUT2D eigenvalue weighted by Gasteiger charge is 2.16. The van der Waals surface area contributed by atoms with E-state index in [-0.39, 0.29) is 17.4 Å². The summed E-state index contributed by atoms with van der Waals surface area (Å²) in [5, 5.41) is 23.7. The van der Waals surface area contributed by atoms with Gasteiger partial charge in [0.15, 0.2) is 11.2 Å². The average molecular weight is 415 g/mol. The van der Waals surface area contributed by atoms with Crippen molar-refractivity contribution in [2.75, 3.05) is 6.54 Å². The number of aromatic nitrogens is 4. The van der Waals surface area contributed by atoms with Gasteiger partial charge in [-0.05, 0) is 56.0 Å². The number of aliphatic hydroxyl groups excluding tert-OH is 1. The van der Waals surface area contributed by atoms with Crippen LogP contribution in [0.15, 0.2) is 28.0 Å². The van der Waals surface area contributed by atoms with Crippen molar-refractivity contribution in [3.8, 4) is 5.75 Å². The molecule has 30 heavy (non-hydrogen) atoms. The molecule has 3 N–H and O–H groups in total. The highest BCUT2D eigenvalue weighted by molar-refractivity contribution is 5.69. The van der Waals surface area contributed by atoms with Gasteiger partial charge in [0.25, 0.3) is 5.56 Å². The standard InChI is InChI=1S/C21H29N5O4/c1-12-8-15(9-13(2)18(12)28)16(27)10-22-14(3)6-7-26-11-23-19-17(26)20(29)25(5)21(30)24(19)4/h8-9,11,14,16,22,27-28H,6-7,10H2,1-5H3. The van der Waals surface area contributed by atoms with Crippen LogP contribution in [0.5, 0.6) is 5.75 Å². The third kappa shape index (κ3) is 4.03. The monoisotopic (exact) mass is 415 g/mol. The molecule has 3 rings (SSSR count). The molecular formula is C21H29N5O4. The van der Waals surface area contributed by atoms with Crippen molar-refractivity contribution < 1.29 is 10.2 Å². The molecule has 0 fully saturated rings. The number of benzene rings is 1. The number of aromatic hydroxyl groups is 1. The molecule has 2 unspecified atom stereocenters. The predicted molar refractivity (Wildman–Crippen MR) is 115 cm³/mol. The first kappa shape index (κ1) is 21.8. The summed E-state index contributed by atoms with van der Waals surface area (Å²) in [6, 6.07) is 3.65. The van der Waals surface area contributed by atoms with Crippen LogP contribution in [-0.4, -0.2) is 41.5 Å². The number of aryl methyl sites for hydroxylation is 4. The first-order valence-corrected chi connectivity index (χ1v) is 9.94. The Kier molecular flexibility index (Phi) is 6.14. The summed E-state index contributed by atoms with van der Waals surface area (Å²) in [5.41, 5.74) is 2.24. The van der Waals surface area contributed by atoms with Crippen LogP contribution in [0.3, 0.4) is 0 Å². The molecule has 9 heteroatoms. The number of phenolic OH excluding ortho intramolecular Hbond substituents is 1. The van der Waals surface area contributed by atoms with E-state index >= 15 is 0 Å². The van der Waals surface area contributed by atoms with Crippen LogP contribution in [0, 0.1) is 13.8 Å². The molecule has 3 aromatic rings. The minimum Gasteiger partial charge on any atom is -0.507 e. The summed E-state index contributed by atoms with van der Waals surface area (Å²) < 4.78 is 4.21. The summed E-state index contributed by atoms with van der Waals surface area (Å²) in [4.78, 5) is 28.8. The average Bonchev–Trinajstić information content (AvgIpc) is 3.15. The second kappa shape index (κ2) is 8.45. The van der Waals surface area contributed by atoms with Gasteiger partial charge in [0.05, 0.1) is 12.4 Å². The molecule has 0 bridgehead atoms. The van der Waals surface area contributed by atoms with E-state index < -0.39 is 11.8 Å². The van der Waals surface area contributed by atoms with Gasteiger partial charge in [-0.3, -0.25) is 13.9 Å². The van der Waals surface area contributed by atoms with E-state index in [0.29, 0.717) is 30.7 Å². The molecule has 0 radical (unpaired) electrons. The fourth-order valence-electron chi connectivity index (χ4n) is 3.61. The summed E-state index contributed by atoms with van der Waals surface area (Å²) in [6.45, 7) is 6.54. The fraction of sp³-hybridized carbons (Fsp3) is 0.476. The number of fused-ring (bicyclic) bond motifs is 1. The fourth-order valence-corrected chi connectivity index (χ4v) is 3.61. The second-order valence-electron chi connectivity index (χ2n) is 7.93. The molecule has 0 saturated carbocycles. The molecule has 0 amide bonds. The van der Waals surface area contributed by atoms with E-state index in [4.69, 9.17) is 0 Å². The quantitative estimate of drug-likeness (QED) is 0.527. The van der Waals surface area contributed by atoms with Crippen molar-refractivity contribution in [2.24, 2.45) is 14.1 Å². The van der Waals surface area contributed by atoms with Crippen LogP contribution in [0.2, 0.25) is 0 Å². The van der Waals surface area contributed by atoms with Crippen molar-refractivity contribution >= 4 is 11.2 Å². The van der Waals surface area contributed by atoms with Crippen molar-refractivity contribution in [1.82, 2.24) is 24.0 Å². The molecule has 1 aromatic carbocycles. The molecule has 2 atom stereocenters. The van der Waals surface area contributed by atoms with Gasteiger partial charge in [0.1, 0.15) is 5.75 Å². The number of rotatable bonds is 7. The van der Waals surface area contributed by atoms with Crippen LogP contribution in [-0.2, 0) is 20.6 Å². The first-order valence-electron chi connectivity index (χ1n) is 9.94. The zero-order valence-corrected chi connectivity index (χ0v) is 18.0. The molecule has 0 aliphatic carbocycles. The SMILES string of the molecule is Cc1cc(C(O)CNC(C)CCn2cnc3c2c(=O)n(C)c(=O)n3C)cc(C)c1O. The highest BCUT2D eigenvalue weighted by atomic mass is 16.3. The number of hydrogen-bond acceptors (Lipinski definition) is 6. The maximum absolute atomic E-state index is 12.5. The number of phenols is 1. The predicted octanol–water partition coefficient (Wildman–Crippen LogP) is 0.858. The topological polar surface area (TPSA) is 114 Å². The third-order valence-electron chi connectivity index (χ3n) is 5.58. The van der Waals surface area contributed by atoms with Crippen LogP contribution in [0.1, 0.15) is 36.1 Å². The van der Waals surface area contributed by atoms with Gasteiger partial charge in [-0.25, -0.2) is 9.78 Å². The molecule has 9 nitrogen and oxygen atoms in total. The molecule has 0 spiro atoms. The molecule has 0 aliphatic rings. The van der Waals surface area contributed by atoms with Crippen LogP contribution < -0.4 is 16.6 Å². The van der Waals surface area contributed by atoms with Gasteiger partial charge in [-0.2, -0.15) is 0 Å². The Bertz CT molecular complexity index is 1170. The summed E-state index contributed by atoms with van der Waals surface area (Å²) >= 11 is 0. The Labute approximate surface area is 174 Å². The maximum Gasteiger partial charge on any atom is 0.332 e.